The summed E-state index contributed by atoms with van der Waals surface area (Å²) in [5.74, 6) is 0.954. The fraction of sp³-hybridized carbons (Fsp3) is 0.500. The van der Waals surface area contributed by atoms with E-state index in [1.54, 1.807) is 17.8 Å². The van der Waals surface area contributed by atoms with Gasteiger partial charge < -0.3 is 4.42 Å². The Balaban J connectivity index is 2.24. The first kappa shape index (κ1) is 8.86. The first-order valence-corrected chi connectivity index (χ1v) is 4.50. The highest BCUT2D eigenvalue weighted by Gasteiger charge is 2.09. The predicted molar refractivity (Wildman–Crippen MR) is 48.3 cm³/mol. The van der Waals surface area contributed by atoms with Gasteiger partial charge in [0.2, 0.25) is 5.89 Å². The van der Waals surface area contributed by atoms with Crippen LogP contribution in [-0.2, 0) is 6.54 Å². The Morgan fingerprint density at radius 1 is 1.36 bits per heavy atom. The first-order valence-electron chi connectivity index (χ1n) is 4.50. The fourth-order valence-corrected chi connectivity index (χ4v) is 1.13. The van der Waals surface area contributed by atoms with Gasteiger partial charge in [-0.05, 0) is 6.42 Å². The van der Waals surface area contributed by atoms with E-state index in [1.165, 1.54) is 0 Å². The highest BCUT2D eigenvalue weighted by atomic mass is 16.4. The van der Waals surface area contributed by atoms with Crippen molar-refractivity contribution in [2.24, 2.45) is 0 Å². The first-order chi connectivity index (χ1) is 6.79. The minimum atomic E-state index is 0.421. The molecule has 2 aromatic heterocycles. The van der Waals surface area contributed by atoms with E-state index in [2.05, 4.69) is 27.4 Å². The van der Waals surface area contributed by atoms with E-state index in [4.69, 9.17) is 4.42 Å². The molecule has 0 aliphatic heterocycles. The molecule has 0 saturated heterocycles. The summed E-state index contributed by atoms with van der Waals surface area (Å²) in [6.07, 6.45) is 2.82. The number of hydrogen-bond acceptors (Lipinski definition) is 5. The summed E-state index contributed by atoms with van der Waals surface area (Å²) in [6.45, 7) is 4.67. The standard InChI is InChI=1S/C8H11N5O/c1-3-4-13-5-7(10-12-13)8-11-9-6(2)14-8/h5H,3-4H2,1-2H3. The smallest absolute Gasteiger partial charge is 0.269 e. The van der Waals surface area contributed by atoms with Crippen LogP contribution in [0.25, 0.3) is 11.6 Å². The van der Waals surface area contributed by atoms with Crippen LogP contribution in [0.1, 0.15) is 19.2 Å². The van der Waals surface area contributed by atoms with Gasteiger partial charge in [0.25, 0.3) is 5.89 Å². The van der Waals surface area contributed by atoms with Crippen molar-refractivity contribution in [1.82, 2.24) is 25.2 Å². The topological polar surface area (TPSA) is 69.6 Å². The van der Waals surface area contributed by atoms with Gasteiger partial charge in [-0.2, -0.15) is 0 Å². The molecule has 0 radical (unpaired) electrons. The number of hydrogen-bond donors (Lipinski definition) is 0. The van der Waals surface area contributed by atoms with Gasteiger partial charge in [-0.25, -0.2) is 0 Å². The van der Waals surface area contributed by atoms with Gasteiger partial charge in [0.1, 0.15) is 0 Å². The third-order valence-electron chi connectivity index (χ3n) is 1.74. The van der Waals surface area contributed by atoms with Crippen molar-refractivity contribution >= 4 is 0 Å². The average Bonchev–Trinajstić information content (AvgIpc) is 2.74. The summed E-state index contributed by atoms with van der Waals surface area (Å²) in [4.78, 5) is 0. The second-order valence-corrected chi connectivity index (χ2v) is 2.99. The Bertz CT molecular complexity index is 419. The largest absolute Gasteiger partial charge is 0.420 e. The Hall–Kier alpha value is -1.72. The molecule has 0 atom stereocenters. The molecular formula is C8H11N5O. The molecule has 74 valence electrons. The normalized spacial score (nSPS) is 10.7. The molecule has 2 rings (SSSR count). The van der Waals surface area contributed by atoms with Crippen LogP contribution in [-0.4, -0.2) is 25.2 Å². The second kappa shape index (κ2) is 3.57. The maximum absolute atomic E-state index is 5.22. The lowest BCUT2D eigenvalue weighted by Gasteiger charge is -1.91. The summed E-state index contributed by atoms with van der Waals surface area (Å²) >= 11 is 0. The molecule has 0 spiro atoms. The molecule has 0 bridgehead atoms. The van der Waals surface area contributed by atoms with Crippen molar-refractivity contribution in [3.05, 3.63) is 12.1 Å². The average molecular weight is 193 g/mol. The quantitative estimate of drug-likeness (QED) is 0.728. The van der Waals surface area contributed by atoms with Crippen LogP contribution >= 0.6 is 0 Å². The lowest BCUT2D eigenvalue weighted by molar-refractivity contribution is 0.531. The molecule has 6 nitrogen and oxygen atoms in total. The van der Waals surface area contributed by atoms with Crippen LogP contribution in [0.3, 0.4) is 0 Å². The molecule has 0 fully saturated rings. The van der Waals surface area contributed by atoms with E-state index in [0.29, 0.717) is 17.5 Å². The molecule has 0 aromatic carbocycles. The predicted octanol–water partition coefficient (Wildman–Crippen LogP) is 1.05. The maximum atomic E-state index is 5.22. The number of aryl methyl sites for hydroxylation is 2. The molecule has 0 aliphatic carbocycles. The van der Waals surface area contributed by atoms with E-state index < -0.39 is 0 Å². The third kappa shape index (κ3) is 1.63. The Morgan fingerprint density at radius 2 is 2.21 bits per heavy atom. The highest BCUT2D eigenvalue weighted by Crippen LogP contribution is 2.13. The van der Waals surface area contributed by atoms with Crippen molar-refractivity contribution in [2.75, 3.05) is 0 Å². The van der Waals surface area contributed by atoms with E-state index in [9.17, 15) is 0 Å². The van der Waals surface area contributed by atoms with Gasteiger partial charge in [0.15, 0.2) is 5.69 Å². The van der Waals surface area contributed by atoms with Crippen LogP contribution in [0.5, 0.6) is 0 Å². The molecule has 2 heterocycles. The molecule has 0 amide bonds. The Labute approximate surface area is 80.9 Å². The zero-order valence-electron chi connectivity index (χ0n) is 8.14. The molecular weight excluding hydrogens is 182 g/mol. The highest BCUT2D eigenvalue weighted by molar-refractivity contribution is 5.42. The van der Waals surface area contributed by atoms with E-state index in [1.807, 2.05) is 0 Å². The summed E-state index contributed by atoms with van der Waals surface area (Å²) in [5.41, 5.74) is 0.624. The maximum Gasteiger partial charge on any atom is 0.269 e. The summed E-state index contributed by atoms with van der Waals surface area (Å²) in [5, 5.41) is 15.4. The summed E-state index contributed by atoms with van der Waals surface area (Å²) in [6, 6.07) is 0. The van der Waals surface area contributed by atoms with Crippen molar-refractivity contribution in [2.45, 2.75) is 26.8 Å². The van der Waals surface area contributed by atoms with Gasteiger partial charge in [-0.3, -0.25) is 4.68 Å². The van der Waals surface area contributed by atoms with E-state index in [0.717, 1.165) is 13.0 Å². The molecule has 14 heavy (non-hydrogen) atoms. The third-order valence-corrected chi connectivity index (χ3v) is 1.74. The fourth-order valence-electron chi connectivity index (χ4n) is 1.13. The van der Waals surface area contributed by atoms with Gasteiger partial charge in [0.05, 0.1) is 6.20 Å². The molecule has 6 heteroatoms. The van der Waals surface area contributed by atoms with Crippen LogP contribution in [0.15, 0.2) is 10.6 Å². The van der Waals surface area contributed by atoms with E-state index in [-0.39, 0.29) is 0 Å². The SMILES string of the molecule is CCCn1cc(-c2nnc(C)o2)nn1. The minimum Gasteiger partial charge on any atom is -0.420 e. The molecule has 0 N–H and O–H groups in total. The van der Waals surface area contributed by atoms with Gasteiger partial charge in [-0.15, -0.1) is 15.3 Å². The molecule has 0 aliphatic rings. The van der Waals surface area contributed by atoms with Crippen molar-refractivity contribution in [3.63, 3.8) is 0 Å². The zero-order valence-corrected chi connectivity index (χ0v) is 8.14. The summed E-state index contributed by atoms with van der Waals surface area (Å²) in [7, 11) is 0. The Morgan fingerprint density at radius 3 is 2.86 bits per heavy atom. The zero-order chi connectivity index (χ0) is 9.97. The molecule has 2 aromatic rings. The van der Waals surface area contributed by atoms with Crippen LogP contribution in [0, 0.1) is 6.92 Å². The number of aromatic nitrogens is 5. The van der Waals surface area contributed by atoms with Crippen LogP contribution in [0.2, 0.25) is 0 Å². The van der Waals surface area contributed by atoms with E-state index >= 15 is 0 Å². The van der Waals surface area contributed by atoms with Gasteiger partial charge in [0, 0.05) is 13.5 Å². The van der Waals surface area contributed by atoms with Crippen LogP contribution < -0.4 is 0 Å². The van der Waals surface area contributed by atoms with Gasteiger partial charge in [-0.1, -0.05) is 12.1 Å². The van der Waals surface area contributed by atoms with Crippen molar-refractivity contribution < 1.29 is 4.42 Å². The van der Waals surface area contributed by atoms with Crippen LogP contribution in [0.4, 0.5) is 0 Å². The Kier molecular flexibility index (Phi) is 2.26. The summed E-state index contributed by atoms with van der Waals surface area (Å²) < 4.78 is 6.98. The number of rotatable bonds is 3. The van der Waals surface area contributed by atoms with Crippen molar-refractivity contribution in [3.8, 4) is 11.6 Å². The lowest BCUT2D eigenvalue weighted by atomic mass is 10.4. The second-order valence-electron chi connectivity index (χ2n) is 2.99. The number of nitrogens with zero attached hydrogens (tertiary/aromatic N) is 5. The lowest BCUT2D eigenvalue weighted by Crippen LogP contribution is -1.96. The molecule has 0 saturated carbocycles. The minimum absolute atomic E-state index is 0.421. The van der Waals surface area contributed by atoms with Gasteiger partial charge >= 0.3 is 0 Å². The van der Waals surface area contributed by atoms with Crippen molar-refractivity contribution in [1.29, 1.82) is 0 Å². The monoisotopic (exact) mass is 193 g/mol. The molecule has 0 unspecified atom stereocenters.